The minimum atomic E-state index is -0.585. The number of carbonyl (C=O) groups is 2. The SMILES string of the molecule is CC(C)(C)OC(=O)N(CC=O)CCOc1ccccc1. The molecule has 0 aliphatic heterocycles. The Labute approximate surface area is 119 Å². The van der Waals surface area contributed by atoms with Gasteiger partial charge in [-0.25, -0.2) is 4.79 Å². The second-order valence-corrected chi connectivity index (χ2v) is 5.25. The number of benzene rings is 1. The van der Waals surface area contributed by atoms with E-state index in [1.54, 1.807) is 20.8 Å². The first-order valence-electron chi connectivity index (χ1n) is 6.52. The Morgan fingerprint density at radius 3 is 2.45 bits per heavy atom. The number of carbonyl (C=O) groups excluding carboxylic acids is 2. The highest BCUT2D eigenvalue weighted by molar-refractivity contribution is 5.71. The first-order chi connectivity index (χ1) is 9.42. The lowest BCUT2D eigenvalue weighted by atomic mass is 10.2. The van der Waals surface area contributed by atoms with Gasteiger partial charge in [-0.15, -0.1) is 0 Å². The zero-order valence-corrected chi connectivity index (χ0v) is 12.2. The first kappa shape index (κ1) is 16.0. The van der Waals surface area contributed by atoms with Gasteiger partial charge in [0.25, 0.3) is 0 Å². The van der Waals surface area contributed by atoms with Crippen molar-refractivity contribution in [2.75, 3.05) is 19.7 Å². The van der Waals surface area contributed by atoms with Crippen molar-refractivity contribution in [2.45, 2.75) is 26.4 Å². The van der Waals surface area contributed by atoms with Gasteiger partial charge >= 0.3 is 6.09 Å². The molecule has 0 bridgehead atoms. The molecule has 0 atom stereocenters. The monoisotopic (exact) mass is 279 g/mol. The van der Waals surface area contributed by atoms with Crippen molar-refractivity contribution in [3.05, 3.63) is 30.3 Å². The summed E-state index contributed by atoms with van der Waals surface area (Å²) in [6, 6.07) is 9.29. The maximum atomic E-state index is 11.9. The number of para-hydroxylation sites is 1. The summed E-state index contributed by atoms with van der Waals surface area (Å²) < 4.78 is 10.7. The molecule has 0 spiro atoms. The molecular formula is C15H21NO4. The van der Waals surface area contributed by atoms with Crippen LogP contribution in [0, 0.1) is 0 Å². The molecule has 1 amide bonds. The molecule has 20 heavy (non-hydrogen) atoms. The van der Waals surface area contributed by atoms with Crippen LogP contribution in [-0.2, 0) is 9.53 Å². The molecule has 0 fully saturated rings. The van der Waals surface area contributed by atoms with Crippen LogP contribution in [0.2, 0.25) is 0 Å². The maximum Gasteiger partial charge on any atom is 0.410 e. The Morgan fingerprint density at radius 1 is 1.25 bits per heavy atom. The maximum absolute atomic E-state index is 11.9. The van der Waals surface area contributed by atoms with Gasteiger partial charge in [-0.2, -0.15) is 0 Å². The van der Waals surface area contributed by atoms with Crippen molar-refractivity contribution in [1.82, 2.24) is 4.90 Å². The summed E-state index contributed by atoms with van der Waals surface area (Å²) in [5, 5.41) is 0. The summed E-state index contributed by atoms with van der Waals surface area (Å²) >= 11 is 0. The van der Waals surface area contributed by atoms with Crippen LogP contribution in [0.25, 0.3) is 0 Å². The summed E-state index contributed by atoms with van der Waals surface area (Å²) in [6.45, 7) is 5.94. The van der Waals surface area contributed by atoms with Crippen LogP contribution < -0.4 is 4.74 Å². The molecule has 0 saturated carbocycles. The van der Waals surface area contributed by atoms with Gasteiger partial charge in [0.2, 0.25) is 0 Å². The van der Waals surface area contributed by atoms with Crippen molar-refractivity contribution in [3.63, 3.8) is 0 Å². The van der Waals surface area contributed by atoms with Crippen LogP contribution in [0.3, 0.4) is 0 Å². The van der Waals surface area contributed by atoms with E-state index in [2.05, 4.69) is 0 Å². The lowest BCUT2D eigenvalue weighted by molar-refractivity contribution is -0.109. The van der Waals surface area contributed by atoms with E-state index in [-0.39, 0.29) is 6.54 Å². The Hall–Kier alpha value is -2.04. The van der Waals surface area contributed by atoms with Crippen molar-refractivity contribution >= 4 is 12.4 Å². The van der Waals surface area contributed by atoms with Crippen LogP contribution in [0.1, 0.15) is 20.8 Å². The molecule has 110 valence electrons. The highest BCUT2D eigenvalue weighted by Crippen LogP contribution is 2.11. The topological polar surface area (TPSA) is 55.8 Å². The molecule has 0 unspecified atom stereocenters. The number of rotatable bonds is 6. The molecular weight excluding hydrogens is 258 g/mol. The fourth-order valence-electron chi connectivity index (χ4n) is 1.46. The van der Waals surface area contributed by atoms with E-state index in [9.17, 15) is 9.59 Å². The fourth-order valence-corrected chi connectivity index (χ4v) is 1.46. The minimum absolute atomic E-state index is 0.00688. The van der Waals surface area contributed by atoms with Crippen molar-refractivity contribution in [2.24, 2.45) is 0 Å². The number of nitrogens with zero attached hydrogens (tertiary/aromatic N) is 1. The van der Waals surface area contributed by atoms with Gasteiger partial charge in [0, 0.05) is 0 Å². The zero-order valence-electron chi connectivity index (χ0n) is 12.2. The lowest BCUT2D eigenvalue weighted by Gasteiger charge is -2.26. The van der Waals surface area contributed by atoms with Gasteiger partial charge in [-0.1, -0.05) is 18.2 Å². The van der Waals surface area contributed by atoms with Gasteiger partial charge in [0.15, 0.2) is 0 Å². The normalized spacial score (nSPS) is 10.8. The third kappa shape index (κ3) is 6.22. The lowest BCUT2D eigenvalue weighted by Crippen LogP contribution is -2.40. The molecule has 1 aromatic rings. The fraction of sp³-hybridized carbons (Fsp3) is 0.467. The summed E-state index contributed by atoms with van der Waals surface area (Å²) in [7, 11) is 0. The summed E-state index contributed by atoms with van der Waals surface area (Å²) in [4.78, 5) is 23.8. The van der Waals surface area contributed by atoms with Crippen LogP contribution >= 0.6 is 0 Å². The number of amides is 1. The molecule has 0 heterocycles. The van der Waals surface area contributed by atoms with E-state index in [1.807, 2.05) is 30.3 Å². The van der Waals surface area contributed by atoms with Crippen LogP contribution in [0.15, 0.2) is 30.3 Å². The van der Waals surface area contributed by atoms with E-state index < -0.39 is 11.7 Å². The second-order valence-electron chi connectivity index (χ2n) is 5.25. The number of hydrogen-bond acceptors (Lipinski definition) is 4. The van der Waals surface area contributed by atoms with E-state index in [1.165, 1.54) is 4.90 Å². The molecule has 1 aromatic carbocycles. The Bertz CT molecular complexity index is 425. The number of ether oxygens (including phenoxy) is 2. The molecule has 0 aliphatic carbocycles. The van der Waals surface area contributed by atoms with Crippen LogP contribution in [0.5, 0.6) is 5.75 Å². The molecule has 0 N–H and O–H groups in total. The molecule has 0 radical (unpaired) electrons. The number of aldehydes is 1. The van der Waals surface area contributed by atoms with Crippen molar-refractivity contribution in [3.8, 4) is 5.75 Å². The van der Waals surface area contributed by atoms with Gasteiger partial charge < -0.3 is 14.3 Å². The molecule has 5 nitrogen and oxygen atoms in total. The minimum Gasteiger partial charge on any atom is -0.492 e. The highest BCUT2D eigenvalue weighted by Gasteiger charge is 2.21. The average molecular weight is 279 g/mol. The number of hydrogen-bond donors (Lipinski definition) is 0. The van der Waals surface area contributed by atoms with E-state index in [0.29, 0.717) is 19.4 Å². The van der Waals surface area contributed by atoms with Gasteiger partial charge in [0.1, 0.15) is 24.2 Å². The molecule has 1 rings (SSSR count). The predicted molar refractivity (Wildman–Crippen MR) is 75.8 cm³/mol. The summed E-state index contributed by atoms with van der Waals surface area (Å²) in [5.41, 5.74) is -0.585. The highest BCUT2D eigenvalue weighted by atomic mass is 16.6. The van der Waals surface area contributed by atoms with Crippen molar-refractivity contribution in [1.29, 1.82) is 0 Å². The molecule has 0 aromatic heterocycles. The largest absolute Gasteiger partial charge is 0.492 e. The Morgan fingerprint density at radius 2 is 1.90 bits per heavy atom. The van der Waals surface area contributed by atoms with Crippen LogP contribution in [0.4, 0.5) is 4.79 Å². The third-order valence-electron chi connectivity index (χ3n) is 2.32. The first-order valence-corrected chi connectivity index (χ1v) is 6.52. The quantitative estimate of drug-likeness (QED) is 0.751. The second kappa shape index (κ2) is 7.53. The third-order valence-corrected chi connectivity index (χ3v) is 2.32. The molecule has 0 saturated heterocycles. The molecule has 0 aliphatic rings. The summed E-state index contributed by atoms with van der Waals surface area (Å²) in [6.07, 6.45) is 0.160. The molecule has 5 heteroatoms. The summed E-state index contributed by atoms with van der Waals surface area (Å²) in [5.74, 6) is 0.725. The Balaban J connectivity index is 2.46. The van der Waals surface area contributed by atoms with Gasteiger partial charge in [-0.05, 0) is 32.9 Å². The Kier molecular flexibility index (Phi) is 6.03. The van der Waals surface area contributed by atoms with Gasteiger partial charge in [0.05, 0.1) is 13.1 Å². The van der Waals surface area contributed by atoms with Crippen molar-refractivity contribution < 1.29 is 19.1 Å². The standard InChI is InChI=1S/C15H21NO4/c1-15(2,3)20-14(18)16(9-11-17)10-12-19-13-7-5-4-6-8-13/h4-8,11H,9-10,12H2,1-3H3. The predicted octanol–water partition coefficient (Wildman–Crippen LogP) is 2.50. The van der Waals surface area contributed by atoms with E-state index >= 15 is 0 Å². The van der Waals surface area contributed by atoms with E-state index in [4.69, 9.17) is 9.47 Å². The van der Waals surface area contributed by atoms with E-state index in [0.717, 1.165) is 5.75 Å². The average Bonchev–Trinajstić information content (AvgIpc) is 2.37. The van der Waals surface area contributed by atoms with Crippen LogP contribution in [-0.4, -0.2) is 42.6 Å². The zero-order chi connectivity index (χ0) is 15.0. The smallest absolute Gasteiger partial charge is 0.410 e. The van der Waals surface area contributed by atoms with Gasteiger partial charge in [-0.3, -0.25) is 4.90 Å².